The maximum absolute atomic E-state index is 12.5. The van der Waals surface area contributed by atoms with E-state index in [1.807, 2.05) is 13.0 Å². The molecule has 172 valence electrons. The highest BCUT2D eigenvalue weighted by Crippen LogP contribution is 2.36. The average molecular weight is 437 g/mol. The van der Waals surface area contributed by atoms with Gasteiger partial charge in [-0.05, 0) is 51.2 Å². The monoisotopic (exact) mass is 436 g/mol. The summed E-state index contributed by atoms with van der Waals surface area (Å²) in [5.74, 6) is -0.340. The fraction of sp³-hybridized carbons (Fsp3) is 0.640. The Morgan fingerprint density at radius 1 is 1.13 bits per heavy atom. The van der Waals surface area contributed by atoms with E-state index in [9.17, 15) is 4.79 Å². The third-order valence-electron chi connectivity index (χ3n) is 5.66. The highest BCUT2D eigenvalue weighted by atomic mass is 28.4. The molecule has 0 aliphatic heterocycles. The molecule has 0 fully saturated rings. The van der Waals surface area contributed by atoms with Crippen LogP contribution in [0.5, 0.6) is 0 Å². The van der Waals surface area contributed by atoms with Crippen molar-refractivity contribution in [3.8, 4) is 0 Å². The van der Waals surface area contributed by atoms with Crippen molar-refractivity contribution in [3.05, 3.63) is 48.6 Å². The van der Waals surface area contributed by atoms with Gasteiger partial charge in [-0.2, -0.15) is 0 Å². The Bertz CT molecular complexity index is 611. The Balaban J connectivity index is 5.09. The van der Waals surface area contributed by atoms with E-state index in [0.717, 1.165) is 24.8 Å². The fourth-order valence-electron chi connectivity index (χ4n) is 2.44. The topological polar surface area (TPSA) is 44.8 Å². The molecule has 4 nitrogen and oxygen atoms in total. The summed E-state index contributed by atoms with van der Waals surface area (Å²) in [5, 5.41) is 0.0902. The maximum atomic E-state index is 12.5. The van der Waals surface area contributed by atoms with Gasteiger partial charge in [0.25, 0.3) is 0 Å². The lowest BCUT2D eigenvalue weighted by atomic mass is 10.1. The standard InChI is InChI=1S/C25H44O4Si/c1-11-13-14-20(3)15-16-21(4)17-24(26)29-23(18-22(12-2)27-8)19-28-30(9,10)25(5,6)7/h11-12,15,17,22-23H,1-2,13-14,16,18-19H2,3-10H3/b20-15-,21-17-/t22-,23-/m0/s1. The van der Waals surface area contributed by atoms with Crippen molar-refractivity contribution >= 4 is 14.3 Å². The zero-order chi connectivity index (χ0) is 23.4. The van der Waals surface area contributed by atoms with E-state index in [1.165, 1.54) is 5.57 Å². The highest BCUT2D eigenvalue weighted by Gasteiger charge is 2.38. The molecular weight excluding hydrogens is 392 g/mol. The Kier molecular flexibility index (Phi) is 13.1. The molecule has 0 spiro atoms. The van der Waals surface area contributed by atoms with Crippen molar-refractivity contribution in [3.63, 3.8) is 0 Å². The van der Waals surface area contributed by atoms with Crippen LogP contribution in [0.1, 0.15) is 60.3 Å². The summed E-state index contributed by atoms with van der Waals surface area (Å²) < 4.78 is 17.5. The zero-order valence-electron chi connectivity index (χ0n) is 20.5. The van der Waals surface area contributed by atoms with Gasteiger partial charge in [0.1, 0.15) is 6.10 Å². The van der Waals surface area contributed by atoms with E-state index in [1.54, 1.807) is 19.3 Å². The third-order valence-corrected chi connectivity index (χ3v) is 10.2. The minimum Gasteiger partial charge on any atom is -0.457 e. The van der Waals surface area contributed by atoms with Crippen LogP contribution < -0.4 is 0 Å². The van der Waals surface area contributed by atoms with Gasteiger partial charge >= 0.3 is 5.97 Å². The van der Waals surface area contributed by atoms with Gasteiger partial charge in [0.05, 0.1) is 12.7 Å². The van der Waals surface area contributed by atoms with Gasteiger partial charge in [-0.1, -0.05) is 50.1 Å². The summed E-state index contributed by atoms with van der Waals surface area (Å²) >= 11 is 0. The van der Waals surface area contributed by atoms with Crippen molar-refractivity contribution in [1.29, 1.82) is 0 Å². The number of esters is 1. The van der Waals surface area contributed by atoms with E-state index < -0.39 is 8.32 Å². The van der Waals surface area contributed by atoms with E-state index in [0.29, 0.717) is 13.0 Å². The fourth-order valence-corrected chi connectivity index (χ4v) is 3.48. The zero-order valence-corrected chi connectivity index (χ0v) is 21.5. The van der Waals surface area contributed by atoms with Gasteiger partial charge in [0.15, 0.2) is 8.32 Å². The van der Waals surface area contributed by atoms with Crippen LogP contribution >= 0.6 is 0 Å². The van der Waals surface area contributed by atoms with Crippen LogP contribution in [0.2, 0.25) is 18.1 Å². The van der Waals surface area contributed by atoms with E-state index in [-0.39, 0.29) is 23.2 Å². The van der Waals surface area contributed by atoms with Crippen molar-refractivity contribution in [2.75, 3.05) is 13.7 Å². The first kappa shape index (κ1) is 28.6. The summed E-state index contributed by atoms with van der Waals surface area (Å²) in [5.41, 5.74) is 2.26. The van der Waals surface area contributed by atoms with E-state index >= 15 is 0 Å². The largest absolute Gasteiger partial charge is 0.457 e. The minimum absolute atomic E-state index is 0.0902. The number of ether oxygens (including phenoxy) is 2. The molecular formula is C25H44O4Si. The van der Waals surface area contributed by atoms with Crippen LogP contribution in [-0.2, 0) is 18.7 Å². The molecule has 0 bridgehead atoms. The average Bonchev–Trinajstić information content (AvgIpc) is 2.65. The van der Waals surface area contributed by atoms with Crippen LogP contribution in [0.3, 0.4) is 0 Å². The molecule has 0 aliphatic carbocycles. The van der Waals surface area contributed by atoms with E-state index in [2.05, 4.69) is 60.0 Å². The van der Waals surface area contributed by atoms with Gasteiger partial charge in [-0.25, -0.2) is 4.79 Å². The summed E-state index contributed by atoms with van der Waals surface area (Å²) in [4.78, 5) is 12.5. The summed E-state index contributed by atoms with van der Waals surface area (Å²) in [7, 11) is -0.317. The second kappa shape index (κ2) is 13.8. The number of hydrogen-bond donors (Lipinski definition) is 0. The molecule has 0 amide bonds. The molecule has 0 unspecified atom stereocenters. The predicted octanol–water partition coefficient (Wildman–Crippen LogP) is 6.76. The Hall–Kier alpha value is -1.43. The molecule has 0 saturated carbocycles. The molecule has 0 radical (unpaired) electrons. The predicted molar refractivity (Wildman–Crippen MR) is 130 cm³/mol. The lowest BCUT2D eigenvalue weighted by Crippen LogP contribution is -2.43. The lowest BCUT2D eigenvalue weighted by Gasteiger charge is -2.37. The quantitative estimate of drug-likeness (QED) is 0.131. The molecule has 0 aromatic rings. The Labute approximate surface area is 186 Å². The first-order valence-corrected chi connectivity index (χ1v) is 13.7. The van der Waals surface area contributed by atoms with Crippen LogP contribution in [0.25, 0.3) is 0 Å². The molecule has 0 heterocycles. The minimum atomic E-state index is -1.95. The second-order valence-electron chi connectivity index (χ2n) is 9.45. The summed E-state index contributed by atoms with van der Waals surface area (Å²) in [6.45, 7) is 22.9. The highest BCUT2D eigenvalue weighted by molar-refractivity contribution is 6.74. The summed E-state index contributed by atoms with van der Waals surface area (Å²) in [6.07, 6.45) is 10.0. The van der Waals surface area contributed by atoms with Gasteiger partial charge in [0.2, 0.25) is 0 Å². The van der Waals surface area contributed by atoms with Crippen molar-refractivity contribution in [1.82, 2.24) is 0 Å². The van der Waals surface area contributed by atoms with Gasteiger partial charge in [-0.15, -0.1) is 13.2 Å². The van der Waals surface area contributed by atoms with Crippen molar-refractivity contribution in [2.24, 2.45) is 0 Å². The number of hydrogen-bond acceptors (Lipinski definition) is 4. The number of carbonyl (C=O) groups excluding carboxylic acids is 1. The van der Waals surface area contributed by atoms with Gasteiger partial charge in [-0.3, -0.25) is 0 Å². The molecule has 2 atom stereocenters. The lowest BCUT2D eigenvalue weighted by molar-refractivity contribution is -0.146. The molecule has 0 aromatic carbocycles. The van der Waals surface area contributed by atoms with Crippen LogP contribution in [0, 0.1) is 0 Å². The molecule has 30 heavy (non-hydrogen) atoms. The maximum Gasteiger partial charge on any atom is 0.331 e. The smallest absolute Gasteiger partial charge is 0.331 e. The normalized spacial score (nSPS) is 15.5. The molecule has 0 N–H and O–H groups in total. The third kappa shape index (κ3) is 11.7. The van der Waals surface area contributed by atoms with Gasteiger partial charge < -0.3 is 13.9 Å². The molecule has 5 heteroatoms. The van der Waals surface area contributed by atoms with Crippen LogP contribution in [-0.4, -0.2) is 40.2 Å². The SMILES string of the molecule is C=CCC/C(C)=C\C/C(C)=C\C(=O)O[C@H](CO[Si](C)(C)C(C)(C)C)C[C@H](C=C)OC. The second-order valence-corrected chi connectivity index (χ2v) is 14.3. The van der Waals surface area contributed by atoms with Gasteiger partial charge in [0, 0.05) is 19.6 Å². The van der Waals surface area contributed by atoms with E-state index in [4.69, 9.17) is 13.9 Å². The molecule has 0 aromatic heterocycles. The first-order valence-electron chi connectivity index (χ1n) is 10.8. The first-order chi connectivity index (χ1) is 13.9. The molecule has 0 aliphatic rings. The number of rotatable bonds is 14. The Morgan fingerprint density at radius 3 is 2.27 bits per heavy atom. The van der Waals surface area contributed by atoms with Crippen molar-refractivity contribution in [2.45, 2.75) is 90.6 Å². The number of carbonyl (C=O) groups is 1. The molecule has 0 rings (SSSR count). The summed E-state index contributed by atoms with van der Waals surface area (Å²) in [6, 6.07) is 0. The van der Waals surface area contributed by atoms with Crippen molar-refractivity contribution < 1.29 is 18.7 Å². The molecule has 0 saturated heterocycles. The van der Waals surface area contributed by atoms with Crippen LogP contribution in [0.15, 0.2) is 48.6 Å². The number of allylic oxidation sites excluding steroid dienone is 4. The Morgan fingerprint density at radius 2 is 1.77 bits per heavy atom. The van der Waals surface area contributed by atoms with Crippen LogP contribution in [0.4, 0.5) is 0 Å². The number of methoxy groups -OCH3 is 1.